The molecule has 0 aliphatic heterocycles. The highest BCUT2D eigenvalue weighted by atomic mass is 16.2. The first-order valence-corrected chi connectivity index (χ1v) is 8.08. The van der Waals surface area contributed by atoms with Crippen LogP contribution in [0.15, 0.2) is 77.9 Å². The van der Waals surface area contributed by atoms with E-state index in [0.29, 0.717) is 6.42 Å². The average Bonchev–Trinajstić information content (AvgIpc) is 2.65. The van der Waals surface area contributed by atoms with Crippen molar-refractivity contribution in [2.24, 2.45) is 5.10 Å². The van der Waals surface area contributed by atoms with Gasteiger partial charge in [0.15, 0.2) is 0 Å². The predicted octanol–water partition coefficient (Wildman–Crippen LogP) is 4.31. The third kappa shape index (κ3) is 4.07. The molecule has 1 amide bonds. The standard InChI is InChI=1S/C21H20N2O/c1-16(19-13-12-18-9-5-6-10-20(18)15-19)22-23-21(24)14-11-17-7-3-2-4-8-17/h2-10,12-13,15H,11,14H2,1H3,(H,23,24). The quantitative estimate of drug-likeness (QED) is 0.553. The molecule has 3 rings (SSSR count). The van der Waals surface area contributed by atoms with E-state index >= 15 is 0 Å². The number of benzene rings is 3. The van der Waals surface area contributed by atoms with Gasteiger partial charge in [0, 0.05) is 6.42 Å². The largest absolute Gasteiger partial charge is 0.273 e. The maximum Gasteiger partial charge on any atom is 0.240 e. The van der Waals surface area contributed by atoms with Crippen molar-refractivity contribution in [2.45, 2.75) is 19.8 Å². The summed E-state index contributed by atoms with van der Waals surface area (Å²) in [6.07, 6.45) is 1.15. The van der Waals surface area contributed by atoms with E-state index in [1.165, 1.54) is 10.8 Å². The van der Waals surface area contributed by atoms with E-state index in [9.17, 15) is 4.79 Å². The SMILES string of the molecule is CC(=NNC(=O)CCc1ccccc1)c1ccc2ccccc2c1. The van der Waals surface area contributed by atoms with Crippen LogP contribution in [0.3, 0.4) is 0 Å². The van der Waals surface area contributed by atoms with E-state index in [4.69, 9.17) is 0 Å². The van der Waals surface area contributed by atoms with Crippen LogP contribution in [0.4, 0.5) is 0 Å². The number of hydrazone groups is 1. The summed E-state index contributed by atoms with van der Waals surface area (Å²) in [5, 5.41) is 6.59. The summed E-state index contributed by atoms with van der Waals surface area (Å²) in [5.74, 6) is -0.0704. The molecule has 0 unspecified atom stereocenters. The maximum absolute atomic E-state index is 11.9. The van der Waals surface area contributed by atoms with Crippen LogP contribution in [0.5, 0.6) is 0 Å². The number of amides is 1. The fraction of sp³-hybridized carbons (Fsp3) is 0.143. The molecule has 3 nitrogen and oxygen atoms in total. The van der Waals surface area contributed by atoms with Crippen molar-refractivity contribution < 1.29 is 4.79 Å². The van der Waals surface area contributed by atoms with Crippen LogP contribution in [0.25, 0.3) is 10.8 Å². The highest BCUT2D eigenvalue weighted by Crippen LogP contribution is 2.16. The Hall–Kier alpha value is -2.94. The minimum absolute atomic E-state index is 0.0704. The number of fused-ring (bicyclic) bond motifs is 1. The van der Waals surface area contributed by atoms with Gasteiger partial charge in [-0.2, -0.15) is 5.10 Å². The normalized spacial score (nSPS) is 11.5. The van der Waals surface area contributed by atoms with Gasteiger partial charge in [0.1, 0.15) is 0 Å². The molecule has 0 aliphatic rings. The summed E-state index contributed by atoms with van der Waals surface area (Å²) in [5.41, 5.74) is 5.61. The van der Waals surface area contributed by atoms with Crippen molar-refractivity contribution >= 4 is 22.4 Å². The van der Waals surface area contributed by atoms with Gasteiger partial charge in [0.25, 0.3) is 0 Å². The third-order valence-corrected chi connectivity index (χ3v) is 4.00. The molecule has 24 heavy (non-hydrogen) atoms. The van der Waals surface area contributed by atoms with E-state index < -0.39 is 0 Å². The number of nitrogens with one attached hydrogen (secondary N) is 1. The fourth-order valence-electron chi connectivity index (χ4n) is 2.58. The summed E-state index contributed by atoms with van der Waals surface area (Å²) in [6, 6.07) is 24.4. The Bertz CT molecular complexity index is 869. The van der Waals surface area contributed by atoms with Gasteiger partial charge in [-0.15, -0.1) is 0 Å². The summed E-state index contributed by atoms with van der Waals surface area (Å²) < 4.78 is 0. The predicted molar refractivity (Wildman–Crippen MR) is 99.1 cm³/mol. The molecule has 3 heteroatoms. The van der Waals surface area contributed by atoms with Gasteiger partial charge < -0.3 is 0 Å². The van der Waals surface area contributed by atoms with Gasteiger partial charge in [-0.1, -0.05) is 66.7 Å². The molecule has 3 aromatic rings. The van der Waals surface area contributed by atoms with Crippen molar-refractivity contribution in [1.29, 1.82) is 0 Å². The number of carbonyl (C=O) groups is 1. The van der Waals surface area contributed by atoms with Crippen LogP contribution < -0.4 is 5.43 Å². The van der Waals surface area contributed by atoms with Crippen LogP contribution in [-0.4, -0.2) is 11.6 Å². The van der Waals surface area contributed by atoms with Gasteiger partial charge >= 0.3 is 0 Å². The zero-order chi connectivity index (χ0) is 16.8. The van der Waals surface area contributed by atoms with Crippen LogP contribution in [0.1, 0.15) is 24.5 Å². The molecule has 0 saturated carbocycles. The van der Waals surface area contributed by atoms with Gasteiger partial charge in [0.05, 0.1) is 5.71 Å². The van der Waals surface area contributed by atoms with Crippen LogP contribution >= 0.6 is 0 Å². The Morgan fingerprint density at radius 3 is 2.42 bits per heavy atom. The van der Waals surface area contributed by atoms with Crippen LogP contribution in [-0.2, 0) is 11.2 Å². The highest BCUT2D eigenvalue weighted by molar-refractivity contribution is 6.02. The Morgan fingerprint density at radius 1 is 0.917 bits per heavy atom. The molecule has 0 fully saturated rings. The van der Waals surface area contributed by atoms with Gasteiger partial charge in [-0.3, -0.25) is 4.79 Å². The zero-order valence-corrected chi connectivity index (χ0v) is 13.7. The molecule has 120 valence electrons. The average molecular weight is 316 g/mol. The Labute approximate surface area is 142 Å². The molecular formula is C21H20N2O. The van der Waals surface area contributed by atoms with Crippen molar-refractivity contribution in [3.05, 3.63) is 83.9 Å². The molecule has 0 radical (unpaired) electrons. The van der Waals surface area contributed by atoms with Gasteiger partial charge in [-0.25, -0.2) is 5.43 Å². The van der Waals surface area contributed by atoms with Crippen molar-refractivity contribution in [2.75, 3.05) is 0 Å². The van der Waals surface area contributed by atoms with E-state index in [1.54, 1.807) is 0 Å². The first kappa shape index (κ1) is 15.9. The van der Waals surface area contributed by atoms with Crippen LogP contribution in [0.2, 0.25) is 0 Å². The van der Waals surface area contributed by atoms with E-state index in [1.807, 2.05) is 55.5 Å². The van der Waals surface area contributed by atoms with Crippen LogP contribution in [0, 0.1) is 0 Å². The Kier molecular flexibility index (Phi) is 5.02. The minimum Gasteiger partial charge on any atom is -0.273 e. The van der Waals surface area contributed by atoms with Crippen molar-refractivity contribution in [3.8, 4) is 0 Å². The summed E-state index contributed by atoms with van der Waals surface area (Å²) >= 11 is 0. The molecule has 0 atom stereocenters. The van der Waals surface area contributed by atoms with E-state index in [-0.39, 0.29) is 5.91 Å². The van der Waals surface area contributed by atoms with E-state index in [0.717, 1.165) is 23.3 Å². The maximum atomic E-state index is 11.9. The molecule has 0 saturated heterocycles. The Balaban J connectivity index is 1.61. The first-order valence-electron chi connectivity index (χ1n) is 8.08. The number of carbonyl (C=O) groups excluding carboxylic acids is 1. The molecule has 0 bridgehead atoms. The minimum atomic E-state index is -0.0704. The Morgan fingerprint density at radius 2 is 1.62 bits per heavy atom. The number of aryl methyl sites for hydroxylation is 1. The molecule has 1 N–H and O–H groups in total. The lowest BCUT2D eigenvalue weighted by Gasteiger charge is -2.05. The second-order valence-corrected chi connectivity index (χ2v) is 5.78. The second-order valence-electron chi connectivity index (χ2n) is 5.78. The highest BCUT2D eigenvalue weighted by Gasteiger charge is 2.03. The van der Waals surface area contributed by atoms with Gasteiger partial charge in [-0.05, 0) is 41.3 Å². The molecule has 0 spiro atoms. The summed E-state index contributed by atoms with van der Waals surface area (Å²) in [6.45, 7) is 1.90. The smallest absolute Gasteiger partial charge is 0.240 e. The van der Waals surface area contributed by atoms with Crippen molar-refractivity contribution in [3.63, 3.8) is 0 Å². The molecule has 0 aliphatic carbocycles. The van der Waals surface area contributed by atoms with Gasteiger partial charge in [0.2, 0.25) is 5.91 Å². The molecular weight excluding hydrogens is 296 g/mol. The van der Waals surface area contributed by atoms with Crippen molar-refractivity contribution in [1.82, 2.24) is 5.43 Å². The lowest BCUT2D eigenvalue weighted by Crippen LogP contribution is -2.19. The zero-order valence-electron chi connectivity index (χ0n) is 13.7. The lowest BCUT2D eigenvalue weighted by molar-refractivity contribution is -0.121. The lowest BCUT2D eigenvalue weighted by atomic mass is 10.0. The second kappa shape index (κ2) is 7.55. The number of hydrogen-bond donors (Lipinski definition) is 1. The number of hydrogen-bond acceptors (Lipinski definition) is 2. The first-order chi connectivity index (χ1) is 11.7. The summed E-state index contributed by atoms with van der Waals surface area (Å²) in [7, 11) is 0. The molecule has 3 aromatic carbocycles. The topological polar surface area (TPSA) is 41.5 Å². The molecule has 0 heterocycles. The van der Waals surface area contributed by atoms with E-state index in [2.05, 4.69) is 34.8 Å². The summed E-state index contributed by atoms with van der Waals surface area (Å²) in [4.78, 5) is 11.9. The number of nitrogens with zero attached hydrogens (tertiary/aromatic N) is 1. The monoisotopic (exact) mass is 316 g/mol. The molecule has 0 aromatic heterocycles. The number of rotatable bonds is 5. The third-order valence-electron chi connectivity index (χ3n) is 4.00. The fourth-order valence-corrected chi connectivity index (χ4v) is 2.58.